The van der Waals surface area contributed by atoms with Crippen molar-refractivity contribution in [3.63, 3.8) is 0 Å². The van der Waals surface area contributed by atoms with Gasteiger partial charge in [0.1, 0.15) is 11.6 Å². The lowest BCUT2D eigenvalue weighted by Crippen LogP contribution is -2.49. The van der Waals surface area contributed by atoms with Crippen molar-refractivity contribution in [2.75, 3.05) is 42.5 Å². The van der Waals surface area contributed by atoms with Crippen LogP contribution >= 0.6 is 0 Å². The fourth-order valence-corrected chi connectivity index (χ4v) is 4.30. The monoisotopic (exact) mass is 379 g/mol. The summed E-state index contributed by atoms with van der Waals surface area (Å²) in [7, 11) is 0. The van der Waals surface area contributed by atoms with E-state index in [1.807, 2.05) is 41.4 Å². The molecule has 1 unspecified atom stereocenters. The number of carbonyl (C=O) groups is 1. The maximum Gasteiger partial charge on any atom is 0.254 e. The van der Waals surface area contributed by atoms with Gasteiger partial charge in [-0.05, 0) is 49.9 Å². The smallest absolute Gasteiger partial charge is 0.254 e. The third kappa shape index (κ3) is 3.96. The van der Waals surface area contributed by atoms with Gasteiger partial charge in [-0.3, -0.25) is 4.79 Å². The van der Waals surface area contributed by atoms with Gasteiger partial charge >= 0.3 is 0 Å². The first kappa shape index (κ1) is 18.7. The zero-order chi connectivity index (χ0) is 19.3. The lowest BCUT2D eigenvalue weighted by molar-refractivity contribution is 0.0746. The highest BCUT2D eigenvalue weighted by Crippen LogP contribution is 2.26. The predicted octanol–water partition coefficient (Wildman–Crippen LogP) is 3.21. The average molecular weight is 380 g/mol. The molecule has 2 saturated heterocycles. The Hall–Kier alpha value is -2.63. The molecule has 2 aromatic heterocycles. The Labute approximate surface area is 167 Å². The highest BCUT2D eigenvalue weighted by molar-refractivity contribution is 5.95. The van der Waals surface area contributed by atoms with Crippen LogP contribution in [0.25, 0.3) is 0 Å². The number of amides is 1. The van der Waals surface area contributed by atoms with Crippen molar-refractivity contribution < 1.29 is 4.79 Å². The second-order valence-electron chi connectivity index (χ2n) is 7.62. The molecule has 6 heteroatoms. The van der Waals surface area contributed by atoms with Crippen molar-refractivity contribution in [2.24, 2.45) is 0 Å². The van der Waals surface area contributed by atoms with Gasteiger partial charge in [0, 0.05) is 56.7 Å². The van der Waals surface area contributed by atoms with Crippen molar-refractivity contribution in [3.8, 4) is 0 Å². The van der Waals surface area contributed by atoms with Crippen LogP contribution in [0, 0.1) is 0 Å². The SMILES string of the molecule is CCC1CCCCN1c1cc(C(=O)N2CCN(c3ccccn3)CC2)ccn1. The van der Waals surface area contributed by atoms with Gasteiger partial charge in [0.2, 0.25) is 0 Å². The van der Waals surface area contributed by atoms with Crippen molar-refractivity contribution >= 4 is 17.5 Å². The van der Waals surface area contributed by atoms with Gasteiger partial charge < -0.3 is 14.7 Å². The minimum atomic E-state index is 0.106. The highest BCUT2D eigenvalue weighted by Gasteiger charge is 2.25. The Bertz CT molecular complexity index is 789. The molecule has 0 radical (unpaired) electrons. The molecule has 28 heavy (non-hydrogen) atoms. The zero-order valence-corrected chi connectivity index (χ0v) is 16.6. The Morgan fingerprint density at radius 3 is 2.57 bits per heavy atom. The van der Waals surface area contributed by atoms with Crippen LogP contribution in [0.4, 0.5) is 11.6 Å². The minimum Gasteiger partial charge on any atom is -0.354 e. The number of aromatic nitrogens is 2. The minimum absolute atomic E-state index is 0.106. The van der Waals surface area contributed by atoms with Crippen LogP contribution in [0.3, 0.4) is 0 Å². The van der Waals surface area contributed by atoms with Crippen LogP contribution in [0.15, 0.2) is 42.7 Å². The zero-order valence-electron chi connectivity index (χ0n) is 16.6. The molecule has 2 aromatic rings. The van der Waals surface area contributed by atoms with Gasteiger partial charge in [0.15, 0.2) is 0 Å². The third-order valence-corrected chi connectivity index (χ3v) is 5.93. The number of nitrogens with zero attached hydrogens (tertiary/aromatic N) is 5. The van der Waals surface area contributed by atoms with Gasteiger partial charge in [0.05, 0.1) is 0 Å². The lowest BCUT2D eigenvalue weighted by Gasteiger charge is -2.37. The molecule has 0 N–H and O–H groups in total. The van der Waals surface area contributed by atoms with Gasteiger partial charge in [-0.1, -0.05) is 13.0 Å². The molecule has 0 bridgehead atoms. The van der Waals surface area contributed by atoms with E-state index in [0.717, 1.165) is 43.3 Å². The van der Waals surface area contributed by atoms with Gasteiger partial charge in [-0.2, -0.15) is 0 Å². The molecule has 2 fully saturated rings. The number of anilines is 2. The molecule has 4 heterocycles. The Balaban J connectivity index is 1.43. The fraction of sp³-hybridized carbons (Fsp3) is 0.500. The van der Waals surface area contributed by atoms with E-state index in [1.165, 1.54) is 19.3 Å². The second-order valence-corrected chi connectivity index (χ2v) is 7.62. The summed E-state index contributed by atoms with van der Waals surface area (Å²) in [4.78, 5) is 28.6. The van der Waals surface area contributed by atoms with Gasteiger partial charge in [0.25, 0.3) is 5.91 Å². The number of pyridine rings is 2. The number of rotatable bonds is 4. The standard InChI is InChI=1S/C22H29N5O/c1-2-19-7-4-6-12-27(19)21-17-18(9-11-24-21)22(28)26-15-13-25(14-16-26)20-8-3-5-10-23-20/h3,5,8-11,17,19H,2,4,6-7,12-16H2,1H3. The van der Waals surface area contributed by atoms with E-state index in [-0.39, 0.29) is 5.91 Å². The molecule has 0 saturated carbocycles. The molecule has 2 aliphatic heterocycles. The predicted molar refractivity (Wildman–Crippen MR) is 112 cm³/mol. The summed E-state index contributed by atoms with van der Waals surface area (Å²) in [6.45, 7) is 6.32. The first-order chi connectivity index (χ1) is 13.8. The molecule has 6 nitrogen and oxygen atoms in total. The maximum atomic E-state index is 13.1. The molecule has 4 rings (SSSR count). The number of piperazine rings is 1. The summed E-state index contributed by atoms with van der Waals surface area (Å²) in [6.07, 6.45) is 8.42. The Morgan fingerprint density at radius 2 is 1.82 bits per heavy atom. The van der Waals surface area contributed by atoms with Crippen LogP contribution in [-0.2, 0) is 0 Å². The first-order valence-electron chi connectivity index (χ1n) is 10.4. The van der Waals surface area contributed by atoms with Crippen LogP contribution < -0.4 is 9.80 Å². The molecule has 1 amide bonds. The number of hydrogen-bond acceptors (Lipinski definition) is 5. The van der Waals surface area contributed by atoms with Crippen molar-refractivity contribution in [1.82, 2.24) is 14.9 Å². The summed E-state index contributed by atoms with van der Waals surface area (Å²) in [6, 6.07) is 10.3. The highest BCUT2D eigenvalue weighted by atomic mass is 16.2. The molecule has 148 valence electrons. The molecule has 0 aliphatic carbocycles. The van der Waals surface area contributed by atoms with E-state index in [2.05, 4.69) is 26.7 Å². The molecular formula is C22H29N5O. The number of carbonyl (C=O) groups excluding carboxylic acids is 1. The molecule has 0 spiro atoms. The van der Waals surface area contributed by atoms with E-state index in [1.54, 1.807) is 6.20 Å². The summed E-state index contributed by atoms with van der Waals surface area (Å²) >= 11 is 0. The van der Waals surface area contributed by atoms with Crippen LogP contribution in [0.1, 0.15) is 43.0 Å². The van der Waals surface area contributed by atoms with E-state index in [0.29, 0.717) is 19.1 Å². The van der Waals surface area contributed by atoms with Crippen LogP contribution in [0.5, 0.6) is 0 Å². The fourth-order valence-electron chi connectivity index (χ4n) is 4.30. The molecule has 0 aromatic carbocycles. The average Bonchev–Trinajstić information content (AvgIpc) is 2.79. The van der Waals surface area contributed by atoms with Crippen molar-refractivity contribution in [3.05, 3.63) is 48.3 Å². The lowest BCUT2D eigenvalue weighted by atomic mass is 10.00. The molecular weight excluding hydrogens is 350 g/mol. The Morgan fingerprint density at radius 1 is 1.00 bits per heavy atom. The van der Waals surface area contributed by atoms with Crippen LogP contribution in [-0.4, -0.2) is 59.5 Å². The number of piperidine rings is 1. The second kappa shape index (κ2) is 8.59. The van der Waals surface area contributed by atoms with E-state index < -0.39 is 0 Å². The van der Waals surface area contributed by atoms with Crippen molar-refractivity contribution in [1.29, 1.82) is 0 Å². The molecule has 2 aliphatic rings. The summed E-state index contributed by atoms with van der Waals surface area (Å²) in [5, 5.41) is 0. The normalized spacial score (nSPS) is 20.3. The first-order valence-corrected chi connectivity index (χ1v) is 10.4. The van der Waals surface area contributed by atoms with E-state index in [9.17, 15) is 4.79 Å². The number of hydrogen-bond donors (Lipinski definition) is 0. The quantitative estimate of drug-likeness (QED) is 0.816. The van der Waals surface area contributed by atoms with Gasteiger partial charge in [-0.15, -0.1) is 0 Å². The van der Waals surface area contributed by atoms with Crippen molar-refractivity contribution in [2.45, 2.75) is 38.6 Å². The largest absolute Gasteiger partial charge is 0.354 e. The molecule has 1 atom stereocenters. The van der Waals surface area contributed by atoms with E-state index in [4.69, 9.17) is 0 Å². The summed E-state index contributed by atoms with van der Waals surface area (Å²) < 4.78 is 0. The van der Waals surface area contributed by atoms with Crippen LogP contribution in [0.2, 0.25) is 0 Å². The summed E-state index contributed by atoms with van der Waals surface area (Å²) in [5.41, 5.74) is 0.747. The Kier molecular flexibility index (Phi) is 5.74. The van der Waals surface area contributed by atoms with Gasteiger partial charge in [-0.25, -0.2) is 9.97 Å². The maximum absolute atomic E-state index is 13.1. The summed E-state index contributed by atoms with van der Waals surface area (Å²) in [5.74, 6) is 2.04. The van der Waals surface area contributed by atoms with E-state index >= 15 is 0 Å². The third-order valence-electron chi connectivity index (χ3n) is 5.93. The topological polar surface area (TPSA) is 52.6 Å².